The van der Waals surface area contributed by atoms with Gasteiger partial charge in [-0.05, 0) is 31.0 Å². The Balaban J connectivity index is 1.91. The third-order valence-corrected chi connectivity index (χ3v) is 3.65. The number of halogens is 1. The standard InChI is InChI=1S/C16H18ClNO4/c1-10-12(9-17)7-15(22-10)16(20)18-6-5-11-3-4-13(21-2)8-14(11)19/h3-4,7-8,19H,5-6,9H2,1-2H3,(H,18,20). The maximum atomic E-state index is 12.0. The van der Waals surface area contributed by atoms with Gasteiger partial charge in [-0.3, -0.25) is 4.79 Å². The number of ether oxygens (including phenoxy) is 1. The molecule has 22 heavy (non-hydrogen) atoms. The van der Waals surface area contributed by atoms with Gasteiger partial charge in [0.15, 0.2) is 5.76 Å². The summed E-state index contributed by atoms with van der Waals surface area (Å²) in [6.45, 7) is 2.15. The number of aromatic hydroxyl groups is 1. The fraction of sp³-hybridized carbons (Fsp3) is 0.312. The van der Waals surface area contributed by atoms with E-state index in [9.17, 15) is 9.90 Å². The molecular weight excluding hydrogens is 306 g/mol. The minimum absolute atomic E-state index is 0.145. The van der Waals surface area contributed by atoms with E-state index in [2.05, 4.69) is 5.32 Å². The molecule has 118 valence electrons. The number of methoxy groups -OCH3 is 1. The second-order valence-electron chi connectivity index (χ2n) is 4.83. The van der Waals surface area contributed by atoms with Crippen LogP contribution in [0.2, 0.25) is 0 Å². The number of aryl methyl sites for hydroxylation is 1. The molecule has 0 bridgehead atoms. The molecule has 0 aliphatic rings. The van der Waals surface area contributed by atoms with E-state index < -0.39 is 0 Å². The quantitative estimate of drug-likeness (QED) is 0.802. The Bertz CT molecular complexity index is 666. The van der Waals surface area contributed by atoms with Crippen molar-refractivity contribution < 1.29 is 19.1 Å². The van der Waals surface area contributed by atoms with E-state index in [4.69, 9.17) is 20.8 Å². The molecule has 1 aromatic carbocycles. The van der Waals surface area contributed by atoms with Crippen molar-refractivity contribution in [3.8, 4) is 11.5 Å². The molecule has 0 unspecified atom stereocenters. The predicted molar refractivity (Wildman–Crippen MR) is 83.7 cm³/mol. The summed E-state index contributed by atoms with van der Waals surface area (Å²) < 4.78 is 10.4. The summed E-state index contributed by atoms with van der Waals surface area (Å²) in [5.41, 5.74) is 1.54. The molecule has 0 atom stereocenters. The number of rotatable bonds is 6. The molecule has 1 heterocycles. The highest BCUT2D eigenvalue weighted by atomic mass is 35.5. The first-order valence-electron chi connectivity index (χ1n) is 6.84. The summed E-state index contributed by atoms with van der Waals surface area (Å²) in [7, 11) is 1.54. The van der Waals surface area contributed by atoms with Gasteiger partial charge in [-0.1, -0.05) is 6.07 Å². The SMILES string of the molecule is COc1ccc(CCNC(=O)c2cc(CCl)c(C)o2)c(O)c1. The summed E-state index contributed by atoms with van der Waals surface area (Å²) in [5.74, 6) is 1.63. The van der Waals surface area contributed by atoms with E-state index in [1.165, 1.54) is 7.11 Å². The van der Waals surface area contributed by atoms with Crippen LogP contribution in [0.15, 0.2) is 28.7 Å². The number of benzene rings is 1. The zero-order valence-electron chi connectivity index (χ0n) is 12.5. The molecule has 5 nitrogen and oxygen atoms in total. The Labute approximate surface area is 133 Å². The second-order valence-corrected chi connectivity index (χ2v) is 5.09. The third kappa shape index (κ3) is 3.74. The fourth-order valence-electron chi connectivity index (χ4n) is 2.04. The number of alkyl halides is 1. The molecule has 0 aliphatic carbocycles. The van der Waals surface area contributed by atoms with Crippen LogP contribution in [-0.2, 0) is 12.3 Å². The zero-order chi connectivity index (χ0) is 16.1. The molecule has 0 fully saturated rings. The van der Waals surface area contributed by atoms with Gasteiger partial charge in [0.2, 0.25) is 0 Å². The third-order valence-electron chi connectivity index (χ3n) is 3.36. The van der Waals surface area contributed by atoms with Crippen molar-refractivity contribution >= 4 is 17.5 Å². The minimum Gasteiger partial charge on any atom is -0.508 e. The van der Waals surface area contributed by atoms with Crippen molar-refractivity contribution in [2.24, 2.45) is 0 Å². The fourth-order valence-corrected chi connectivity index (χ4v) is 2.31. The van der Waals surface area contributed by atoms with E-state index in [0.29, 0.717) is 30.4 Å². The van der Waals surface area contributed by atoms with E-state index >= 15 is 0 Å². The first kappa shape index (κ1) is 16.2. The highest BCUT2D eigenvalue weighted by Crippen LogP contribution is 2.23. The molecule has 2 rings (SSSR count). The molecular formula is C16H18ClNO4. The second kappa shape index (κ2) is 7.22. The molecule has 0 saturated carbocycles. The zero-order valence-corrected chi connectivity index (χ0v) is 13.2. The summed E-state index contributed by atoms with van der Waals surface area (Å²) >= 11 is 5.75. The predicted octanol–water partition coefficient (Wildman–Crippen LogP) is 3.01. The maximum absolute atomic E-state index is 12.0. The molecule has 2 aromatic rings. The Kier molecular flexibility index (Phi) is 5.33. The number of furan rings is 1. The van der Waals surface area contributed by atoms with E-state index in [1.807, 2.05) is 0 Å². The largest absolute Gasteiger partial charge is 0.508 e. The number of phenolic OH excluding ortho intramolecular Hbond substituents is 1. The van der Waals surface area contributed by atoms with Crippen LogP contribution < -0.4 is 10.1 Å². The van der Waals surface area contributed by atoms with Gasteiger partial charge in [-0.2, -0.15) is 0 Å². The highest BCUT2D eigenvalue weighted by Gasteiger charge is 2.13. The topological polar surface area (TPSA) is 71.7 Å². The van der Waals surface area contributed by atoms with Crippen LogP contribution in [0.5, 0.6) is 11.5 Å². The molecule has 2 N–H and O–H groups in total. The van der Waals surface area contributed by atoms with Gasteiger partial charge in [0.25, 0.3) is 5.91 Å². The Morgan fingerprint density at radius 1 is 1.36 bits per heavy atom. The summed E-state index contributed by atoms with van der Waals surface area (Å²) in [5, 5.41) is 12.6. The van der Waals surface area contributed by atoms with Crippen molar-refractivity contribution in [1.29, 1.82) is 0 Å². The number of carbonyl (C=O) groups excluding carboxylic acids is 1. The number of hydrogen-bond donors (Lipinski definition) is 2. The molecule has 1 aromatic heterocycles. The van der Waals surface area contributed by atoms with Gasteiger partial charge < -0.3 is 19.6 Å². The van der Waals surface area contributed by atoms with Crippen molar-refractivity contribution in [1.82, 2.24) is 5.32 Å². The first-order chi connectivity index (χ1) is 10.5. The van der Waals surface area contributed by atoms with Crippen molar-refractivity contribution in [3.05, 3.63) is 46.9 Å². The molecule has 0 spiro atoms. The van der Waals surface area contributed by atoms with Gasteiger partial charge in [0.1, 0.15) is 17.3 Å². The minimum atomic E-state index is -0.299. The number of nitrogens with one attached hydrogen (secondary N) is 1. The van der Waals surface area contributed by atoms with Crippen LogP contribution in [0.1, 0.15) is 27.4 Å². The lowest BCUT2D eigenvalue weighted by atomic mass is 10.1. The number of carbonyl (C=O) groups is 1. The Morgan fingerprint density at radius 2 is 2.14 bits per heavy atom. The summed E-state index contributed by atoms with van der Waals surface area (Å²) in [6, 6.07) is 6.71. The Morgan fingerprint density at radius 3 is 2.73 bits per heavy atom. The van der Waals surface area contributed by atoms with Crippen molar-refractivity contribution in [2.75, 3.05) is 13.7 Å². The normalized spacial score (nSPS) is 10.5. The van der Waals surface area contributed by atoms with Gasteiger partial charge in [0.05, 0.1) is 13.0 Å². The smallest absolute Gasteiger partial charge is 0.287 e. The van der Waals surface area contributed by atoms with E-state index in [0.717, 1.165) is 11.1 Å². The number of phenols is 1. The molecule has 6 heteroatoms. The molecule has 0 radical (unpaired) electrons. The maximum Gasteiger partial charge on any atom is 0.287 e. The van der Waals surface area contributed by atoms with Crippen LogP contribution >= 0.6 is 11.6 Å². The summed E-state index contributed by atoms with van der Waals surface area (Å²) in [6.07, 6.45) is 0.504. The van der Waals surface area contributed by atoms with Crippen LogP contribution in [0.4, 0.5) is 0 Å². The molecule has 0 aliphatic heterocycles. The molecule has 0 saturated heterocycles. The van der Waals surface area contributed by atoms with Crippen LogP contribution in [-0.4, -0.2) is 24.7 Å². The van der Waals surface area contributed by atoms with Crippen LogP contribution in [0.3, 0.4) is 0 Å². The lowest BCUT2D eigenvalue weighted by Gasteiger charge is -2.07. The average Bonchev–Trinajstić information content (AvgIpc) is 2.89. The van der Waals surface area contributed by atoms with Gasteiger partial charge >= 0.3 is 0 Å². The first-order valence-corrected chi connectivity index (χ1v) is 7.38. The number of hydrogen-bond acceptors (Lipinski definition) is 4. The van der Waals surface area contributed by atoms with Crippen LogP contribution in [0.25, 0.3) is 0 Å². The Hall–Kier alpha value is -2.14. The van der Waals surface area contributed by atoms with Crippen molar-refractivity contribution in [2.45, 2.75) is 19.2 Å². The van der Waals surface area contributed by atoms with Gasteiger partial charge in [-0.15, -0.1) is 11.6 Å². The lowest BCUT2D eigenvalue weighted by molar-refractivity contribution is 0.0925. The van der Waals surface area contributed by atoms with E-state index in [-0.39, 0.29) is 17.4 Å². The average molecular weight is 324 g/mol. The van der Waals surface area contributed by atoms with Crippen molar-refractivity contribution in [3.63, 3.8) is 0 Å². The molecule has 1 amide bonds. The van der Waals surface area contributed by atoms with Gasteiger partial charge in [-0.25, -0.2) is 0 Å². The lowest BCUT2D eigenvalue weighted by Crippen LogP contribution is -2.25. The highest BCUT2D eigenvalue weighted by molar-refractivity contribution is 6.17. The number of amides is 1. The van der Waals surface area contributed by atoms with Crippen LogP contribution in [0, 0.1) is 6.92 Å². The summed E-state index contributed by atoms with van der Waals surface area (Å²) in [4.78, 5) is 12.0. The van der Waals surface area contributed by atoms with E-state index in [1.54, 1.807) is 31.2 Å². The monoisotopic (exact) mass is 323 g/mol. The van der Waals surface area contributed by atoms with Gasteiger partial charge in [0, 0.05) is 18.2 Å².